The summed E-state index contributed by atoms with van der Waals surface area (Å²) in [5.74, 6) is 0. The molecule has 18 heteroatoms. The Kier molecular flexibility index (Phi) is 19.8. The Hall–Kier alpha value is 2.11. The van der Waals surface area contributed by atoms with E-state index in [9.17, 15) is 0 Å². The van der Waals surface area contributed by atoms with E-state index >= 15 is 0 Å². The van der Waals surface area contributed by atoms with Gasteiger partial charge in [-0.2, -0.15) is 0 Å². The van der Waals surface area contributed by atoms with Crippen LogP contribution in [0.4, 0.5) is 0 Å². The maximum Gasteiger partial charge on any atom is 0.469 e. The molecular formula is C26H76O7Si11. The lowest BCUT2D eigenvalue weighted by molar-refractivity contribution is 0.248. The van der Waals surface area contributed by atoms with Crippen LogP contribution in [0, 0.1) is 0 Å². The van der Waals surface area contributed by atoms with Crippen molar-refractivity contribution in [2.45, 2.75) is 160 Å². The van der Waals surface area contributed by atoms with Crippen LogP contribution in [-0.4, -0.2) is 103 Å². The molecule has 0 N–H and O–H groups in total. The van der Waals surface area contributed by atoms with Gasteiger partial charge >= 0.3 is 8.80 Å². The van der Waals surface area contributed by atoms with Crippen LogP contribution in [-0.2, 0) is 29.1 Å². The summed E-state index contributed by atoms with van der Waals surface area (Å²) < 4.78 is 47.7. The van der Waals surface area contributed by atoms with Crippen LogP contribution in [0.1, 0.15) is 0 Å². The molecule has 0 aliphatic carbocycles. The highest BCUT2D eigenvalue weighted by Gasteiger charge is 2.53. The molecule has 266 valence electrons. The SMILES string of the molecule is CO[Si](C)(C)CC[Si](O[Si](C)(C)CC[SiH2]O[Si](C)(C)C)(O[Si](C)(C)CC[SiH2]O[Si](C)(C)C)O[Si](C)(C)CC[SiH2]O[Si](C)(C)C. The van der Waals surface area contributed by atoms with Gasteiger partial charge in [0.05, 0.1) is 0 Å². The van der Waals surface area contributed by atoms with Crippen molar-refractivity contribution in [2.24, 2.45) is 0 Å². The monoisotopic (exact) mass is 808 g/mol. The second-order valence-corrected chi connectivity index (χ2v) is 58.2. The lowest BCUT2D eigenvalue weighted by atomic mass is 10.9. The van der Waals surface area contributed by atoms with Crippen molar-refractivity contribution >= 4 is 96.3 Å². The van der Waals surface area contributed by atoms with Crippen molar-refractivity contribution < 1.29 is 29.1 Å². The molecule has 0 saturated heterocycles. The Morgan fingerprint density at radius 1 is 0.364 bits per heavy atom. The van der Waals surface area contributed by atoms with E-state index < -0.39 is 96.3 Å². The van der Waals surface area contributed by atoms with E-state index in [-0.39, 0.29) is 0 Å². The molecular weight excluding hydrogens is 733 g/mol. The second kappa shape index (κ2) is 18.9. The van der Waals surface area contributed by atoms with Crippen molar-refractivity contribution in [1.82, 2.24) is 0 Å². The molecule has 0 rings (SSSR count). The average molecular weight is 810 g/mol. The minimum absolute atomic E-state index is 0.540. The van der Waals surface area contributed by atoms with E-state index in [0.29, 0.717) is 0 Å². The first-order valence-electron chi connectivity index (χ1n) is 17.1. The Labute approximate surface area is 290 Å². The summed E-state index contributed by atoms with van der Waals surface area (Å²) in [6.45, 7) is 39.7. The summed E-state index contributed by atoms with van der Waals surface area (Å²) in [6.07, 6.45) is 0. The predicted molar refractivity (Wildman–Crippen MR) is 223 cm³/mol. The summed E-state index contributed by atoms with van der Waals surface area (Å²) >= 11 is 0. The number of hydrogen-bond acceptors (Lipinski definition) is 7. The van der Waals surface area contributed by atoms with Crippen molar-refractivity contribution in [3.8, 4) is 0 Å². The molecule has 0 radical (unpaired) electrons. The van der Waals surface area contributed by atoms with Gasteiger partial charge in [0.2, 0.25) is 0 Å². The van der Waals surface area contributed by atoms with E-state index in [1.165, 1.54) is 18.1 Å². The first kappa shape index (κ1) is 46.1. The molecule has 44 heavy (non-hydrogen) atoms. The van der Waals surface area contributed by atoms with Gasteiger partial charge in [-0.15, -0.1) is 0 Å². The third kappa shape index (κ3) is 25.1. The standard InChI is InChI=1S/C26H76O7Si11/c1-27-40(11,12)25-26-44(31-41(13,14)22-19-34-28-37(2,3)4,32-42(15,16)23-20-35-29-38(5,6)7)33-43(17,18)24-21-36-30-39(8,9)10/h19-26,34-36H2,1-18H3. The topological polar surface area (TPSA) is 64.6 Å². The first-order valence-corrected chi connectivity index (χ1v) is 46.4. The van der Waals surface area contributed by atoms with Gasteiger partial charge < -0.3 is 29.1 Å². The maximum absolute atomic E-state index is 7.51. The van der Waals surface area contributed by atoms with Gasteiger partial charge in [-0.25, -0.2) is 0 Å². The Morgan fingerprint density at radius 3 is 0.864 bits per heavy atom. The molecule has 7 nitrogen and oxygen atoms in total. The molecule has 0 unspecified atom stereocenters. The summed E-state index contributed by atoms with van der Waals surface area (Å²) in [5, 5.41) is 0. The lowest BCUT2D eigenvalue weighted by Gasteiger charge is -2.46. The number of hydrogen-bond donors (Lipinski definition) is 0. The average Bonchev–Trinajstić information content (AvgIpc) is 2.79. The molecule has 0 fully saturated rings. The van der Waals surface area contributed by atoms with E-state index in [2.05, 4.69) is 111 Å². The van der Waals surface area contributed by atoms with Crippen LogP contribution in [0.15, 0.2) is 0 Å². The Morgan fingerprint density at radius 2 is 0.636 bits per heavy atom. The first-order chi connectivity index (χ1) is 19.5. The molecule has 0 heterocycles. The quantitative estimate of drug-likeness (QED) is 0.0700. The summed E-state index contributed by atoms with van der Waals surface area (Å²) in [5.41, 5.74) is 0. The highest BCUT2D eigenvalue weighted by atomic mass is 28.5. The van der Waals surface area contributed by atoms with Gasteiger partial charge in [-0.3, -0.25) is 0 Å². The molecule has 0 bridgehead atoms. The summed E-state index contributed by atoms with van der Waals surface area (Å²) in [4.78, 5) is 0. The summed E-state index contributed by atoms with van der Waals surface area (Å²) in [7, 11) is -15.3. The normalized spacial score (nSPS) is 16.8. The van der Waals surface area contributed by atoms with E-state index in [0.717, 1.165) is 30.2 Å². The van der Waals surface area contributed by atoms with Crippen LogP contribution < -0.4 is 0 Å². The fourth-order valence-corrected chi connectivity index (χ4v) is 43.9. The van der Waals surface area contributed by atoms with E-state index in [1.54, 1.807) is 0 Å². The van der Waals surface area contributed by atoms with Crippen molar-refractivity contribution in [3.63, 3.8) is 0 Å². The third-order valence-corrected chi connectivity index (χ3v) is 43.1. The predicted octanol–water partition coefficient (Wildman–Crippen LogP) is 7.50. The molecule has 0 saturated carbocycles. The molecule has 0 aliphatic rings. The highest BCUT2D eigenvalue weighted by Crippen LogP contribution is 2.36. The van der Waals surface area contributed by atoms with Crippen molar-refractivity contribution in [2.75, 3.05) is 7.11 Å². The zero-order chi connectivity index (χ0) is 34.7. The smallest absolute Gasteiger partial charge is 0.461 e. The second-order valence-electron chi connectivity index (χ2n) is 17.9. The van der Waals surface area contributed by atoms with E-state index in [1.807, 2.05) is 7.11 Å². The van der Waals surface area contributed by atoms with Crippen LogP contribution in [0.25, 0.3) is 0 Å². The van der Waals surface area contributed by atoms with Gasteiger partial charge in [0.25, 0.3) is 0 Å². The molecule has 0 aromatic heterocycles. The van der Waals surface area contributed by atoms with Gasteiger partial charge in [0, 0.05) is 13.2 Å². The molecule has 0 aliphatic heterocycles. The van der Waals surface area contributed by atoms with Crippen LogP contribution in [0.3, 0.4) is 0 Å². The van der Waals surface area contributed by atoms with Crippen molar-refractivity contribution in [1.29, 1.82) is 0 Å². The number of rotatable bonds is 25. The zero-order valence-electron chi connectivity index (χ0n) is 32.6. The van der Waals surface area contributed by atoms with Gasteiger partial charge in [0.1, 0.15) is 29.3 Å². The largest absolute Gasteiger partial charge is 0.469 e. The fraction of sp³-hybridized carbons (Fsp3) is 1.00. The van der Waals surface area contributed by atoms with Gasteiger partial charge in [-0.05, 0) is 154 Å². The van der Waals surface area contributed by atoms with Gasteiger partial charge in [-0.1, -0.05) is 0 Å². The Bertz CT molecular complexity index is 723. The lowest BCUT2D eigenvalue weighted by Crippen LogP contribution is -2.62. The fourth-order valence-electron chi connectivity index (χ4n) is 4.82. The molecule has 0 spiro atoms. The van der Waals surface area contributed by atoms with Crippen molar-refractivity contribution in [3.05, 3.63) is 0 Å². The third-order valence-electron chi connectivity index (χ3n) is 7.26. The van der Waals surface area contributed by atoms with E-state index in [4.69, 9.17) is 29.1 Å². The molecule has 0 aromatic rings. The molecule has 0 aromatic carbocycles. The minimum Gasteiger partial charge on any atom is -0.461 e. The minimum atomic E-state index is -3.03. The molecule has 0 atom stereocenters. The summed E-state index contributed by atoms with van der Waals surface area (Å²) in [6, 6.07) is 8.76. The van der Waals surface area contributed by atoms with Gasteiger partial charge in [0.15, 0.2) is 58.2 Å². The molecule has 0 amide bonds. The highest BCUT2D eigenvalue weighted by molar-refractivity contribution is 6.92. The van der Waals surface area contributed by atoms with Crippen LogP contribution in [0.5, 0.6) is 0 Å². The zero-order valence-corrected chi connectivity index (χ0v) is 44.9. The maximum atomic E-state index is 7.51. The van der Waals surface area contributed by atoms with Crippen LogP contribution >= 0.6 is 0 Å². The van der Waals surface area contributed by atoms with Crippen LogP contribution in [0.2, 0.25) is 160 Å². The Balaban J connectivity index is 6.27.